The summed E-state index contributed by atoms with van der Waals surface area (Å²) in [4.78, 5) is 4.49. The predicted molar refractivity (Wildman–Crippen MR) is 73.0 cm³/mol. The highest BCUT2D eigenvalue weighted by atomic mass is 16.5. The molecule has 1 aromatic carbocycles. The Morgan fingerprint density at radius 2 is 2.20 bits per heavy atom. The van der Waals surface area contributed by atoms with Crippen LogP contribution < -0.4 is 5.32 Å². The molecular weight excluding hydrogens is 254 g/mol. The summed E-state index contributed by atoms with van der Waals surface area (Å²) in [6.45, 7) is 2.72. The Balaban J connectivity index is 1.55. The van der Waals surface area contributed by atoms with Crippen LogP contribution in [-0.4, -0.2) is 22.9 Å². The average Bonchev–Trinajstić information content (AvgIpc) is 3.19. The van der Waals surface area contributed by atoms with Gasteiger partial charge in [-0.15, -0.1) is 0 Å². The maximum absolute atomic E-state index is 5.60. The number of hydrogen-bond acceptors (Lipinski definition) is 5. The third-order valence-corrected chi connectivity index (χ3v) is 3.99. The Morgan fingerprint density at radius 3 is 3.10 bits per heavy atom. The molecule has 4 rings (SSSR count). The maximum atomic E-state index is 5.60. The van der Waals surface area contributed by atoms with Crippen molar-refractivity contribution in [1.82, 2.24) is 15.5 Å². The first-order valence-electron chi connectivity index (χ1n) is 7.15. The lowest BCUT2D eigenvalue weighted by Crippen LogP contribution is -2.09. The molecule has 1 saturated heterocycles. The largest absolute Gasteiger partial charge is 0.378 e. The number of ether oxygens (including phenoxy) is 1. The number of nitrogens with zero attached hydrogens (tertiary/aromatic N) is 2. The van der Waals surface area contributed by atoms with Crippen molar-refractivity contribution in [2.45, 2.75) is 38.5 Å². The number of aromatic nitrogens is 2. The Labute approximate surface area is 117 Å². The van der Waals surface area contributed by atoms with E-state index in [0.29, 0.717) is 5.89 Å². The van der Waals surface area contributed by atoms with E-state index in [4.69, 9.17) is 9.26 Å². The van der Waals surface area contributed by atoms with Gasteiger partial charge in [-0.3, -0.25) is 0 Å². The zero-order valence-electron chi connectivity index (χ0n) is 11.3. The Kier molecular flexibility index (Phi) is 3.01. The highest BCUT2D eigenvalue weighted by Gasteiger charge is 2.20. The standard InChI is InChI=1S/C15H17N3O2/c1-2-13(19-5-1)7-14-17-15(20-18-14)10-3-4-11-8-16-9-12(11)6-10/h3-4,6,13,16H,1-2,5,7-9H2. The van der Waals surface area contributed by atoms with Gasteiger partial charge in [0.15, 0.2) is 5.82 Å². The van der Waals surface area contributed by atoms with Crippen molar-refractivity contribution >= 4 is 0 Å². The molecule has 0 aliphatic carbocycles. The molecule has 5 heteroatoms. The second-order valence-corrected chi connectivity index (χ2v) is 5.44. The van der Waals surface area contributed by atoms with E-state index in [1.807, 2.05) is 0 Å². The first kappa shape index (κ1) is 12.1. The summed E-state index contributed by atoms with van der Waals surface area (Å²) < 4.78 is 11.0. The molecule has 2 aliphatic heterocycles. The SMILES string of the molecule is c1cc2c(cc1-c1nc(CC3CCCO3)no1)CNC2. The van der Waals surface area contributed by atoms with Gasteiger partial charge in [0.2, 0.25) is 0 Å². The summed E-state index contributed by atoms with van der Waals surface area (Å²) in [6, 6.07) is 6.32. The lowest BCUT2D eigenvalue weighted by atomic mass is 10.1. The van der Waals surface area contributed by atoms with Crippen LogP contribution in [0.4, 0.5) is 0 Å². The third kappa shape index (κ3) is 2.23. The van der Waals surface area contributed by atoms with Crippen molar-refractivity contribution < 1.29 is 9.26 Å². The van der Waals surface area contributed by atoms with Gasteiger partial charge in [0, 0.05) is 31.7 Å². The third-order valence-electron chi connectivity index (χ3n) is 3.99. The summed E-state index contributed by atoms with van der Waals surface area (Å²) >= 11 is 0. The molecule has 0 bridgehead atoms. The Hall–Kier alpha value is -1.72. The van der Waals surface area contributed by atoms with Crippen LogP contribution in [0.25, 0.3) is 11.5 Å². The Bertz CT molecular complexity index is 617. The number of hydrogen-bond donors (Lipinski definition) is 1. The predicted octanol–water partition coefficient (Wildman–Crippen LogP) is 2.06. The smallest absolute Gasteiger partial charge is 0.257 e. The maximum Gasteiger partial charge on any atom is 0.257 e. The van der Waals surface area contributed by atoms with Crippen molar-refractivity contribution in [3.05, 3.63) is 35.2 Å². The first-order valence-corrected chi connectivity index (χ1v) is 7.15. The lowest BCUT2D eigenvalue weighted by molar-refractivity contribution is 0.109. The minimum absolute atomic E-state index is 0.254. The molecule has 2 aromatic rings. The summed E-state index contributed by atoms with van der Waals surface area (Å²) in [5.41, 5.74) is 3.67. The molecule has 0 spiro atoms. The number of nitrogens with one attached hydrogen (secondary N) is 1. The minimum Gasteiger partial charge on any atom is -0.378 e. The van der Waals surface area contributed by atoms with E-state index in [-0.39, 0.29) is 6.10 Å². The molecule has 1 unspecified atom stereocenters. The van der Waals surface area contributed by atoms with Gasteiger partial charge in [-0.2, -0.15) is 4.98 Å². The monoisotopic (exact) mass is 271 g/mol. The van der Waals surface area contributed by atoms with Crippen LogP contribution in [-0.2, 0) is 24.2 Å². The van der Waals surface area contributed by atoms with E-state index < -0.39 is 0 Å². The average molecular weight is 271 g/mol. The number of rotatable bonds is 3. The zero-order chi connectivity index (χ0) is 13.4. The van der Waals surface area contributed by atoms with E-state index in [9.17, 15) is 0 Å². The van der Waals surface area contributed by atoms with Crippen LogP contribution in [0.1, 0.15) is 29.8 Å². The van der Waals surface area contributed by atoms with Gasteiger partial charge in [0.1, 0.15) is 0 Å². The fraction of sp³-hybridized carbons (Fsp3) is 0.467. The van der Waals surface area contributed by atoms with Crippen LogP contribution in [0.2, 0.25) is 0 Å². The second kappa shape index (κ2) is 5.00. The summed E-state index contributed by atoms with van der Waals surface area (Å²) in [5.74, 6) is 1.35. The van der Waals surface area contributed by atoms with E-state index in [2.05, 4.69) is 33.7 Å². The molecule has 1 fully saturated rings. The molecular formula is C15H17N3O2. The number of benzene rings is 1. The van der Waals surface area contributed by atoms with E-state index >= 15 is 0 Å². The highest BCUT2D eigenvalue weighted by Crippen LogP contribution is 2.24. The van der Waals surface area contributed by atoms with Crippen LogP contribution in [0.3, 0.4) is 0 Å². The van der Waals surface area contributed by atoms with Crippen molar-refractivity contribution in [3.63, 3.8) is 0 Å². The van der Waals surface area contributed by atoms with Crippen LogP contribution >= 0.6 is 0 Å². The first-order chi connectivity index (χ1) is 9.88. The molecule has 2 aliphatic rings. The van der Waals surface area contributed by atoms with Gasteiger partial charge < -0.3 is 14.6 Å². The quantitative estimate of drug-likeness (QED) is 0.926. The zero-order valence-corrected chi connectivity index (χ0v) is 11.3. The topological polar surface area (TPSA) is 60.2 Å². The Morgan fingerprint density at radius 1 is 1.25 bits per heavy atom. The summed E-state index contributed by atoms with van der Waals surface area (Å²) in [7, 11) is 0. The fourth-order valence-corrected chi connectivity index (χ4v) is 2.89. The van der Waals surface area contributed by atoms with E-state index in [1.54, 1.807) is 0 Å². The molecule has 1 atom stereocenters. The lowest BCUT2D eigenvalue weighted by Gasteiger charge is -2.04. The molecule has 0 radical (unpaired) electrons. The highest BCUT2D eigenvalue weighted by molar-refractivity contribution is 5.56. The molecule has 20 heavy (non-hydrogen) atoms. The van der Waals surface area contributed by atoms with Crippen molar-refractivity contribution in [1.29, 1.82) is 0 Å². The van der Waals surface area contributed by atoms with Crippen molar-refractivity contribution in [2.75, 3.05) is 6.61 Å². The van der Waals surface area contributed by atoms with Crippen molar-refractivity contribution in [3.8, 4) is 11.5 Å². The van der Waals surface area contributed by atoms with Gasteiger partial charge in [0.05, 0.1) is 6.10 Å². The van der Waals surface area contributed by atoms with Gasteiger partial charge in [-0.05, 0) is 36.1 Å². The van der Waals surface area contributed by atoms with Gasteiger partial charge in [-0.1, -0.05) is 11.2 Å². The van der Waals surface area contributed by atoms with Gasteiger partial charge >= 0.3 is 0 Å². The molecule has 0 amide bonds. The van der Waals surface area contributed by atoms with Crippen molar-refractivity contribution in [2.24, 2.45) is 0 Å². The van der Waals surface area contributed by atoms with E-state index in [0.717, 1.165) is 50.3 Å². The normalized spacial score (nSPS) is 21.3. The van der Waals surface area contributed by atoms with Crippen LogP contribution in [0.5, 0.6) is 0 Å². The summed E-state index contributed by atoms with van der Waals surface area (Å²) in [6.07, 6.45) is 3.22. The van der Waals surface area contributed by atoms with Crippen LogP contribution in [0, 0.1) is 0 Å². The molecule has 5 nitrogen and oxygen atoms in total. The van der Waals surface area contributed by atoms with Gasteiger partial charge in [0.25, 0.3) is 5.89 Å². The number of fused-ring (bicyclic) bond motifs is 1. The molecule has 0 saturated carbocycles. The molecule has 1 N–H and O–H groups in total. The van der Waals surface area contributed by atoms with Gasteiger partial charge in [-0.25, -0.2) is 0 Å². The minimum atomic E-state index is 0.254. The fourth-order valence-electron chi connectivity index (χ4n) is 2.89. The second-order valence-electron chi connectivity index (χ2n) is 5.44. The summed E-state index contributed by atoms with van der Waals surface area (Å²) in [5, 5.41) is 7.40. The molecule has 104 valence electrons. The van der Waals surface area contributed by atoms with Crippen LogP contribution in [0.15, 0.2) is 22.7 Å². The molecule has 1 aromatic heterocycles. The molecule has 3 heterocycles. The van der Waals surface area contributed by atoms with E-state index in [1.165, 1.54) is 11.1 Å².